The second-order valence-corrected chi connectivity index (χ2v) is 7.64. The molecule has 0 radical (unpaired) electrons. The first-order valence-electron chi connectivity index (χ1n) is 8.06. The van der Waals surface area contributed by atoms with Crippen LogP contribution in [0.5, 0.6) is 5.75 Å². The van der Waals surface area contributed by atoms with E-state index in [2.05, 4.69) is 5.10 Å². The summed E-state index contributed by atoms with van der Waals surface area (Å²) < 4.78 is 19.1. The third-order valence-corrected chi connectivity index (χ3v) is 5.92. The average molecular weight is 386 g/mol. The largest absolute Gasteiger partial charge is 0.481 e. The first kappa shape index (κ1) is 16.9. The molecule has 1 aliphatic heterocycles. The third kappa shape index (κ3) is 3.40. The number of halogens is 1. The summed E-state index contributed by atoms with van der Waals surface area (Å²) in [6.45, 7) is -0.260. The van der Waals surface area contributed by atoms with E-state index in [0.29, 0.717) is 6.42 Å². The molecule has 4 nitrogen and oxygen atoms in total. The highest BCUT2D eigenvalue weighted by molar-refractivity contribution is 7.12. The highest BCUT2D eigenvalue weighted by Crippen LogP contribution is 2.36. The lowest BCUT2D eigenvalue weighted by Crippen LogP contribution is -2.31. The van der Waals surface area contributed by atoms with Crippen LogP contribution in [0.25, 0.3) is 0 Å². The molecule has 0 aliphatic carbocycles. The summed E-state index contributed by atoms with van der Waals surface area (Å²) in [5.41, 5.74) is 0.887. The Morgan fingerprint density at radius 2 is 1.96 bits per heavy atom. The first-order valence-corrected chi connectivity index (χ1v) is 9.82. The molecule has 0 unspecified atom stereocenters. The fraction of sp³-hybridized carbons (Fsp3) is 0.158. The predicted octanol–water partition coefficient (Wildman–Crippen LogP) is 4.71. The number of ether oxygens (including phenoxy) is 1. The Morgan fingerprint density at radius 3 is 2.69 bits per heavy atom. The summed E-state index contributed by atoms with van der Waals surface area (Å²) in [6.07, 6.45) is 0.659. The second kappa shape index (κ2) is 7.39. The summed E-state index contributed by atoms with van der Waals surface area (Å²) in [4.78, 5) is 14.9. The van der Waals surface area contributed by atoms with Crippen LogP contribution in [0.2, 0.25) is 0 Å². The standard InChI is InChI=1S/C19H15FN2O2S2/c20-13-5-1-2-6-16(13)24-12-19(23)22-15(18-8-4-10-26-18)11-14(21-22)17-7-3-9-25-17/h1-10,15H,11-12H2/t15-/m1/s1. The van der Waals surface area contributed by atoms with Gasteiger partial charge in [-0.05, 0) is 35.0 Å². The third-order valence-electron chi connectivity index (χ3n) is 4.03. The van der Waals surface area contributed by atoms with Crippen LogP contribution in [0.4, 0.5) is 4.39 Å². The fourth-order valence-electron chi connectivity index (χ4n) is 2.80. The van der Waals surface area contributed by atoms with Gasteiger partial charge in [-0.25, -0.2) is 9.40 Å². The van der Waals surface area contributed by atoms with Crippen LogP contribution >= 0.6 is 22.7 Å². The number of thiophene rings is 2. The van der Waals surface area contributed by atoms with Crippen molar-refractivity contribution in [2.45, 2.75) is 12.5 Å². The van der Waals surface area contributed by atoms with Crippen molar-refractivity contribution in [1.29, 1.82) is 0 Å². The van der Waals surface area contributed by atoms with Crippen LogP contribution < -0.4 is 4.74 Å². The van der Waals surface area contributed by atoms with E-state index in [0.717, 1.165) is 15.5 Å². The van der Waals surface area contributed by atoms with Gasteiger partial charge in [0.05, 0.1) is 16.6 Å². The number of benzene rings is 1. The Bertz CT molecular complexity index is 923. The Labute approximate surface area is 158 Å². The summed E-state index contributed by atoms with van der Waals surface area (Å²) in [6, 6.07) is 13.8. The zero-order valence-electron chi connectivity index (χ0n) is 13.7. The van der Waals surface area contributed by atoms with Gasteiger partial charge >= 0.3 is 0 Å². The van der Waals surface area contributed by atoms with Crippen molar-refractivity contribution in [3.8, 4) is 5.75 Å². The zero-order chi connectivity index (χ0) is 17.9. The maximum atomic E-state index is 13.7. The molecule has 0 N–H and O–H groups in total. The topological polar surface area (TPSA) is 41.9 Å². The maximum absolute atomic E-state index is 13.7. The number of hydrogen-bond donors (Lipinski definition) is 0. The highest BCUT2D eigenvalue weighted by atomic mass is 32.1. The molecular formula is C19H15FN2O2S2. The van der Waals surface area contributed by atoms with Gasteiger partial charge in [0.15, 0.2) is 18.2 Å². The van der Waals surface area contributed by atoms with Crippen LogP contribution in [0.3, 0.4) is 0 Å². The summed E-state index contributed by atoms with van der Waals surface area (Å²) in [5, 5.41) is 9.99. The molecular weight excluding hydrogens is 371 g/mol. The molecule has 2 aromatic heterocycles. The lowest BCUT2D eigenvalue weighted by atomic mass is 10.1. The van der Waals surface area contributed by atoms with E-state index in [9.17, 15) is 9.18 Å². The molecule has 132 valence electrons. The molecule has 0 spiro atoms. The minimum Gasteiger partial charge on any atom is -0.481 e. The van der Waals surface area contributed by atoms with Gasteiger partial charge in [-0.3, -0.25) is 4.79 Å². The highest BCUT2D eigenvalue weighted by Gasteiger charge is 2.34. The van der Waals surface area contributed by atoms with E-state index in [4.69, 9.17) is 4.74 Å². The number of carbonyl (C=O) groups is 1. The molecule has 7 heteroatoms. The molecule has 3 heterocycles. The Balaban J connectivity index is 1.54. The molecule has 26 heavy (non-hydrogen) atoms. The lowest BCUT2D eigenvalue weighted by molar-refractivity contribution is -0.135. The van der Waals surface area contributed by atoms with Crippen molar-refractivity contribution in [1.82, 2.24) is 5.01 Å². The predicted molar refractivity (Wildman–Crippen MR) is 101 cm³/mol. The smallest absolute Gasteiger partial charge is 0.281 e. The second-order valence-electron chi connectivity index (χ2n) is 5.72. The Kier molecular flexibility index (Phi) is 4.81. The minimum absolute atomic E-state index is 0.0650. The summed E-state index contributed by atoms with van der Waals surface area (Å²) >= 11 is 3.19. The average Bonchev–Trinajstić information content (AvgIpc) is 3.41. The number of hydrazone groups is 1. The molecule has 0 fully saturated rings. The molecule has 4 rings (SSSR count). The number of hydrogen-bond acceptors (Lipinski definition) is 5. The van der Waals surface area contributed by atoms with Crippen LogP contribution in [0.1, 0.15) is 22.2 Å². The van der Waals surface area contributed by atoms with Gasteiger partial charge < -0.3 is 4.74 Å². The van der Waals surface area contributed by atoms with Gasteiger partial charge in [0.25, 0.3) is 5.91 Å². The van der Waals surface area contributed by atoms with Crippen molar-refractivity contribution in [2.75, 3.05) is 6.61 Å². The molecule has 3 aromatic rings. The normalized spacial score (nSPS) is 16.6. The molecule has 1 amide bonds. The van der Waals surface area contributed by atoms with Gasteiger partial charge in [0.1, 0.15) is 0 Å². The van der Waals surface area contributed by atoms with E-state index in [1.807, 2.05) is 35.0 Å². The quantitative estimate of drug-likeness (QED) is 0.637. The molecule has 0 saturated carbocycles. The monoisotopic (exact) mass is 386 g/mol. The molecule has 0 saturated heterocycles. The first-order chi connectivity index (χ1) is 12.7. The van der Waals surface area contributed by atoms with E-state index in [-0.39, 0.29) is 24.3 Å². The molecule has 1 aliphatic rings. The van der Waals surface area contributed by atoms with Crippen LogP contribution in [-0.4, -0.2) is 23.2 Å². The van der Waals surface area contributed by atoms with Crippen molar-refractivity contribution >= 4 is 34.3 Å². The van der Waals surface area contributed by atoms with Crippen molar-refractivity contribution in [3.05, 3.63) is 74.9 Å². The summed E-state index contributed by atoms with van der Waals surface area (Å²) in [5.74, 6) is -0.715. The van der Waals surface area contributed by atoms with Gasteiger partial charge in [-0.1, -0.05) is 24.3 Å². The van der Waals surface area contributed by atoms with Crippen molar-refractivity contribution in [2.24, 2.45) is 5.10 Å². The van der Waals surface area contributed by atoms with E-state index in [1.165, 1.54) is 17.1 Å². The Morgan fingerprint density at radius 1 is 1.15 bits per heavy atom. The maximum Gasteiger partial charge on any atom is 0.281 e. The lowest BCUT2D eigenvalue weighted by Gasteiger charge is -2.20. The fourth-order valence-corrected chi connectivity index (χ4v) is 4.33. The van der Waals surface area contributed by atoms with E-state index >= 15 is 0 Å². The number of nitrogens with zero attached hydrogens (tertiary/aromatic N) is 2. The van der Waals surface area contributed by atoms with Gasteiger partial charge in [0, 0.05) is 11.3 Å². The SMILES string of the molecule is O=C(COc1ccccc1F)N1N=C(c2cccs2)C[C@@H]1c1cccs1. The number of amides is 1. The number of rotatable bonds is 5. The van der Waals surface area contributed by atoms with E-state index < -0.39 is 5.82 Å². The van der Waals surface area contributed by atoms with Crippen LogP contribution in [0.15, 0.2) is 64.4 Å². The Hall–Kier alpha value is -2.51. The minimum atomic E-state index is -0.487. The van der Waals surface area contributed by atoms with Crippen LogP contribution in [0, 0.1) is 5.82 Å². The van der Waals surface area contributed by atoms with Crippen molar-refractivity contribution < 1.29 is 13.9 Å². The summed E-state index contributed by atoms with van der Waals surface area (Å²) in [7, 11) is 0. The molecule has 0 bridgehead atoms. The number of carbonyl (C=O) groups excluding carboxylic acids is 1. The van der Waals surface area contributed by atoms with Crippen LogP contribution in [-0.2, 0) is 4.79 Å². The van der Waals surface area contributed by atoms with Gasteiger partial charge in [0.2, 0.25) is 0 Å². The van der Waals surface area contributed by atoms with E-state index in [1.54, 1.807) is 34.8 Å². The molecule has 1 atom stereocenters. The number of para-hydroxylation sites is 1. The zero-order valence-corrected chi connectivity index (χ0v) is 15.3. The van der Waals surface area contributed by atoms with Gasteiger partial charge in [-0.2, -0.15) is 5.10 Å². The van der Waals surface area contributed by atoms with Gasteiger partial charge in [-0.15, -0.1) is 22.7 Å². The molecule has 1 aromatic carbocycles. The van der Waals surface area contributed by atoms with Crippen molar-refractivity contribution in [3.63, 3.8) is 0 Å².